The lowest BCUT2D eigenvalue weighted by Crippen LogP contribution is -2.36. The van der Waals surface area contributed by atoms with Gasteiger partial charge in [0, 0.05) is 35.6 Å². The Morgan fingerprint density at radius 1 is 1.27 bits per heavy atom. The van der Waals surface area contributed by atoms with Crippen LogP contribution in [-0.2, 0) is 24.2 Å². The van der Waals surface area contributed by atoms with Crippen molar-refractivity contribution in [3.63, 3.8) is 0 Å². The average molecular weight is 368 g/mol. The Hall–Kier alpha value is -2.51. The maximum atomic E-state index is 12.3. The largest absolute Gasteiger partial charge is 0.421 e. The molecule has 134 valence electrons. The maximum Gasteiger partial charge on any atom is 0.247 e. The van der Waals surface area contributed by atoms with E-state index in [1.165, 1.54) is 10.4 Å². The van der Waals surface area contributed by atoms with Gasteiger partial charge in [-0.2, -0.15) is 0 Å². The monoisotopic (exact) mass is 368 g/mol. The van der Waals surface area contributed by atoms with Crippen molar-refractivity contribution in [3.8, 4) is 11.5 Å². The highest BCUT2D eigenvalue weighted by atomic mass is 32.1. The van der Waals surface area contributed by atoms with Crippen LogP contribution in [0.2, 0.25) is 0 Å². The SMILES string of the molecule is CCc1nnc(-c2ccc(NC(=O)CN3CCc4sccc4C3)cc2)o1. The number of nitrogens with one attached hydrogen (secondary N) is 1. The van der Waals surface area contributed by atoms with Crippen molar-refractivity contribution in [2.75, 3.05) is 18.4 Å². The summed E-state index contributed by atoms with van der Waals surface area (Å²) in [5.74, 6) is 1.12. The number of fused-ring (bicyclic) bond motifs is 1. The first-order valence-electron chi connectivity index (χ1n) is 8.71. The first-order chi connectivity index (χ1) is 12.7. The van der Waals surface area contributed by atoms with Gasteiger partial charge in [-0.05, 0) is 47.7 Å². The zero-order chi connectivity index (χ0) is 17.9. The predicted molar refractivity (Wildman–Crippen MR) is 101 cm³/mol. The van der Waals surface area contributed by atoms with Gasteiger partial charge in [-0.25, -0.2) is 0 Å². The van der Waals surface area contributed by atoms with E-state index < -0.39 is 0 Å². The third-order valence-corrected chi connectivity index (χ3v) is 5.46. The van der Waals surface area contributed by atoms with E-state index in [1.807, 2.05) is 31.2 Å². The highest BCUT2D eigenvalue weighted by Gasteiger charge is 2.19. The third kappa shape index (κ3) is 3.68. The van der Waals surface area contributed by atoms with E-state index in [2.05, 4.69) is 31.9 Å². The third-order valence-electron chi connectivity index (χ3n) is 4.44. The van der Waals surface area contributed by atoms with Gasteiger partial charge in [0.15, 0.2) is 0 Å². The Balaban J connectivity index is 1.34. The van der Waals surface area contributed by atoms with E-state index in [0.717, 1.165) is 30.8 Å². The van der Waals surface area contributed by atoms with E-state index in [9.17, 15) is 4.79 Å². The standard InChI is InChI=1S/C19H20N4O2S/c1-2-18-21-22-19(25-18)13-3-5-15(6-4-13)20-17(24)12-23-9-7-16-14(11-23)8-10-26-16/h3-6,8,10H,2,7,9,11-12H2,1H3,(H,20,24). The molecule has 26 heavy (non-hydrogen) atoms. The summed E-state index contributed by atoms with van der Waals surface area (Å²) in [6.07, 6.45) is 1.74. The Kier molecular flexibility index (Phi) is 4.81. The topological polar surface area (TPSA) is 71.3 Å². The fourth-order valence-corrected chi connectivity index (χ4v) is 3.94. The number of hydrogen-bond donors (Lipinski definition) is 1. The molecule has 0 unspecified atom stereocenters. The number of anilines is 1. The second-order valence-electron chi connectivity index (χ2n) is 6.31. The van der Waals surface area contributed by atoms with E-state index >= 15 is 0 Å². The Morgan fingerprint density at radius 3 is 2.88 bits per heavy atom. The minimum absolute atomic E-state index is 0.00230. The van der Waals surface area contributed by atoms with Crippen LogP contribution in [0.1, 0.15) is 23.3 Å². The van der Waals surface area contributed by atoms with Crippen LogP contribution in [0, 0.1) is 0 Å². The molecule has 0 bridgehead atoms. The van der Waals surface area contributed by atoms with Crippen molar-refractivity contribution in [3.05, 3.63) is 52.0 Å². The number of amides is 1. The highest BCUT2D eigenvalue weighted by molar-refractivity contribution is 7.10. The lowest BCUT2D eigenvalue weighted by molar-refractivity contribution is -0.117. The molecule has 0 atom stereocenters. The molecule has 0 saturated carbocycles. The second kappa shape index (κ2) is 7.39. The van der Waals surface area contributed by atoms with Gasteiger partial charge in [-0.3, -0.25) is 9.69 Å². The number of rotatable bonds is 5. The van der Waals surface area contributed by atoms with Crippen LogP contribution < -0.4 is 5.32 Å². The minimum Gasteiger partial charge on any atom is -0.421 e. The normalized spacial score (nSPS) is 14.2. The zero-order valence-corrected chi connectivity index (χ0v) is 15.4. The van der Waals surface area contributed by atoms with Crippen LogP contribution in [0.3, 0.4) is 0 Å². The zero-order valence-electron chi connectivity index (χ0n) is 14.6. The molecule has 1 N–H and O–H groups in total. The van der Waals surface area contributed by atoms with Crippen molar-refractivity contribution >= 4 is 22.9 Å². The van der Waals surface area contributed by atoms with Gasteiger partial charge in [0.2, 0.25) is 17.7 Å². The average Bonchev–Trinajstić information content (AvgIpc) is 3.31. The van der Waals surface area contributed by atoms with Gasteiger partial charge < -0.3 is 9.73 Å². The van der Waals surface area contributed by atoms with Gasteiger partial charge >= 0.3 is 0 Å². The molecular formula is C19H20N4O2S. The second-order valence-corrected chi connectivity index (χ2v) is 7.31. The van der Waals surface area contributed by atoms with E-state index in [1.54, 1.807) is 11.3 Å². The predicted octanol–water partition coefficient (Wildman–Crippen LogP) is 3.36. The molecule has 3 aromatic rings. The van der Waals surface area contributed by atoms with Crippen LogP contribution in [0.5, 0.6) is 0 Å². The van der Waals surface area contributed by atoms with Crippen molar-refractivity contribution in [2.45, 2.75) is 26.3 Å². The minimum atomic E-state index is 0.00230. The number of carbonyl (C=O) groups is 1. The Labute approximate surface area is 155 Å². The maximum absolute atomic E-state index is 12.3. The molecule has 1 aliphatic heterocycles. The summed E-state index contributed by atoms with van der Waals surface area (Å²) in [6.45, 7) is 4.15. The van der Waals surface area contributed by atoms with Gasteiger partial charge in [-0.1, -0.05) is 6.92 Å². The summed E-state index contributed by atoms with van der Waals surface area (Å²) >= 11 is 1.81. The smallest absolute Gasteiger partial charge is 0.247 e. The first-order valence-corrected chi connectivity index (χ1v) is 9.59. The van der Waals surface area contributed by atoms with Crippen LogP contribution in [-0.4, -0.2) is 34.1 Å². The van der Waals surface area contributed by atoms with Crippen molar-refractivity contribution in [2.24, 2.45) is 0 Å². The summed E-state index contributed by atoms with van der Waals surface area (Å²) in [4.78, 5) is 16.0. The van der Waals surface area contributed by atoms with Gasteiger partial charge in [-0.15, -0.1) is 21.5 Å². The number of nitrogens with zero attached hydrogens (tertiary/aromatic N) is 3. The molecule has 0 saturated heterocycles. The van der Waals surface area contributed by atoms with Gasteiger partial charge in [0.25, 0.3) is 0 Å². The molecule has 7 heteroatoms. The fraction of sp³-hybridized carbons (Fsp3) is 0.316. The van der Waals surface area contributed by atoms with Crippen LogP contribution in [0.4, 0.5) is 5.69 Å². The number of aryl methyl sites for hydroxylation is 1. The molecule has 1 aliphatic rings. The summed E-state index contributed by atoms with van der Waals surface area (Å²) in [5, 5.41) is 13.1. The molecule has 0 aliphatic carbocycles. The summed E-state index contributed by atoms with van der Waals surface area (Å²) in [6, 6.07) is 9.62. The van der Waals surface area contributed by atoms with Crippen molar-refractivity contribution < 1.29 is 9.21 Å². The molecule has 0 radical (unpaired) electrons. The molecule has 3 heterocycles. The lowest BCUT2D eigenvalue weighted by atomic mass is 10.1. The van der Waals surface area contributed by atoms with Crippen molar-refractivity contribution in [1.82, 2.24) is 15.1 Å². The molecule has 4 rings (SSSR count). The molecule has 0 spiro atoms. The summed E-state index contributed by atoms with van der Waals surface area (Å²) in [5.41, 5.74) is 2.96. The lowest BCUT2D eigenvalue weighted by Gasteiger charge is -2.26. The number of aromatic nitrogens is 2. The van der Waals surface area contributed by atoms with E-state index in [0.29, 0.717) is 24.7 Å². The van der Waals surface area contributed by atoms with Crippen LogP contribution in [0.15, 0.2) is 40.1 Å². The Bertz CT molecular complexity index is 900. The quantitative estimate of drug-likeness (QED) is 0.748. The Morgan fingerprint density at radius 2 is 2.12 bits per heavy atom. The van der Waals surface area contributed by atoms with Crippen molar-refractivity contribution in [1.29, 1.82) is 0 Å². The van der Waals surface area contributed by atoms with Gasteiger partial charge in [0.1, 0.15) is 0 Å². The highest BCUT2D eigenvalue weighted by Crippen LogP contribution is 2.24. The van der Waals surface area contributed by atoms with E-state index in [4.69, 9.17) is 4.42 Å². The number of hydrogen-bond acceptors (Lipinski definition) is 6. The molecule has 0 fully saturated rings. The van der Waals surface area contributed by atoms with Crippen LogP contribution >= 0.6 is 11.3 Å². The molecule has 6 nitrogen and oxygen atoms in total. The van der Waals surface area contributed by atoms with E-state index in [-0.39, 0.29) is 5.91 Å². The first kappa shape index (κ1) is 16.9. The number of thiophene rings is 1. The number of carbonyl (C=O) groups excluding carboxylic acids is 1. The van der Waals surface area contributed by atoms with Crippen LogP contribution in [0.25, 0.3) is 11.5 Å². The van der Waals surface area contributed by atoms with Gasteiger partial charge in [0.05, 0.1) is 6.54 Å². The summed E-state index contributed by atoms with van der Waals surface area (Å²) < 4.78 is 5.55. The molecular weight excluding hydrogens is 348 g/mol. The fourth-order valence-electron chi connectivity index (χ4n) is 3.05. The molecule has 1 amide bonds. The molecule has 2 aromatic heterocycles. The molecule has 1 aromatic carbocycles. The summed E-state index contributed by atoms with van der Waals surface area (Å²) in [7, 11) is 0. The number of benzene rings is 1.